The maximum Gasteiger partial charge on any atom is 0.252 e. The zero-order valence-electron chi connectivity index (χ0n) is 7.77. The van der Waals surface area contributed by atoms with Crippen molar-refractivity contribution in [3.05, 3.63) is 24.3 Å². The Morgan fingerprint density at radius 1 is 1.27 bits per heavy atom. The number of rotatable bonds is 4. The third-order valence-corrected chi connectivity index (χ3v) is 2.01. The van der Waals surface area contributed by atoms with Gasteiger partial charge in [0.05, 0.1) is 6.54 Å². The van der Waals surface area contributed by atoms with Gasteiger partial charge >= 0.3 is 0 Å². The van der Waals surface area contributed by atoms with Crippen LogP contribution in [-0.4, -0.2) is 20.9 Å². The van der Waals surface area contributed by atoms with Gasteiger partial charge in [0.2, 0.25) is 10.9 Å². The van der Waals surface area contributed by atoms with E-state index in [0.717, 1.165) is 0 Å². The molecule has 0 saturated heterocycles. The number of amides is 1. The lowest BCUT2D eigenvalue weighted by Crippen LogP contribution is -2.28. The highest BCUT2D eigenvalue weighted by Crippen LogP contribution is 2.09. The van der Waals surface area contributed by atoms with E-state index in [1.54, 1.807) is 29.0 Å². The molecule has 0 aromatic heterocycles. The van der Waals surface area contributed by atoms with Crippen LogP contribution in [0.1, 0.15) is 0 Å². The minimum atomic E-state index is -2.89. The Labute approximate surface area is 88.6 Å². The quantitative estimate of drug-likeness (QED) is 0.405. The van der Waals surface area contributed by atoms with E-state index in [2.05, 4.69) is 5.32 Å². The molecule has 0 aliphatic heterocycles. The monoisotopic (exact) mass is 229 g/mol. The van der Waals surface area contributed by atoms with Gasteiger partial charge in [-0.25, -0.2) is 8.42 Å². The van der Waals surface area contributed by atoms with Crippen LogP contribution in [0.15, 0.2) is 24.3 Å². The predicted octanol–water partition coefficient (Wildman–Crippen LogP) is -0.677. The number of carbonyl (C=O) groups excluding carboxylic acids is 1. The largest absolute Gasteiger partial charge is 0.399 e. The average Bonchev–Trinajstić information content (AvgIpc) is 2.16. The molecule has 1 amide bonds. The molecule has 0 bridgehead atoms. The second-order valence-electron chi connectivity index (χ2n) is 2.77. The van der Waals surface area contributed by atoms with Crippen molar-refractivity contribution >= 4 is 28.2 Å². The maximum absolute atomic E-state index is 10.9. The van der Waals surface area contributed by atoms with Crippen molar-refractivity contribution in [3.63, 3.8) is 0 Å². The van der Waals surface area contributed by atoms with Crippen LogP contribution in [0.3, 0.4) is 0 Å². The van der Waals surface area contributed by atoms with Crippen molar-refractivity contribution in [1.29, 1.82) is 0 Å². The van der Waals surface area contributed by atoms with Crippen LogP contribution >= 0.6 is 0 Å². The summed E-state index contributed by atoms with van der Waals surface area (Å²) in [7, 11) is -2.89. The number of benzene rings is 1. The van der Waals surface area contributed by atoms with Crippen LogP contribution in [0.5, 0.6) is 0 Å². The molecular formula is C8H11N3O3S. The number of carbonyl (C=O) groups is 1. The Morgan fingerprint density at radius 2 is 1.87 bits per heavy atom. The molecule has 82 valence electrons. The van der Waals surface area contributed by atoms with E-state index >= 15 is 0 Å². The van der Waals surface area contributed by atoms with Crippen molar-refractivity contribution in [3.8, 4) is 0 Å². The van der Waals surface area contributed by atoms with E-state index in [9.17, 15) is 13.2 Å². The predicted molar refractivity (Wildman–Crippen MR) is 57.8 cm³/mol. The Balaban J connectivity index is 2.43. The molecule has 0 fully saturated rings. The van der Waals surface area contributed by atoms with Gasteiger partial charge in [0.1, 0.15) is 0 Å². The van der Waals surface area contributed by atoms with Crippen LogP contribution in [0.25, 0.3) is 0 Å². The molecule has 0 saturated carbocycles. The normalized spacial score (nSPS) is 9.93. The molecule has 0 aliphatic rings. The van der Waals surface area contributed by atoms with Gasteiger partial charge in [0, 0.05) is 11.4 Å². The fourth-order valence-corrected chi connectivity index (χ4v) is 1.21. The Hall–Kier alpha value is -1.76. The van der Waals surface area contributed by atoms with Crippen molar-refractivity contribution in [2.45, 2.75) is 0 Å². The number of thiol groups is 1. The fourth-order valence-electron chi connectivity index (χ4n) is 0.925. The third-order valence-electron chi connectivity index (χ3n) is 1.58. The van der Waals surface area contributed by atoms with Crippen LogP contribution in [0, 0.1) is 0 Å². The number of nitrogens with one attached hydrogen (secondary N) is 2. The third kappa shape index (κ3) is 4.32. The molecule has 0 aliphatic carbocycles. The first kappa shape index (κ1) is 11.3. The molecule has 0 spiro atoms. The van der Waals surface area contributed by atoms with Gasteiger partial charge in [-0.1, -0.05) is 0 Å². The summed E-state index contributed by atoms with van der Waals surface area (Å²) in [4.78, 5) is 10.9. The zero-order valence-corrected chi connectivity index (χ0v) is 8.66. The van der Waals surface area contributed by atoms with E-state index in [0.29, 0.717) is 11.4 Å². The highest BCUT2D eigenvalue weighted by atomic mass is 32.2. The minimum Gasteiger partial charge on any atom is -0.399 e. The molecule has 1 aromatic rings. The van der Waals surface area contributed by atoms with Crippen LogP contribution < -0.4 is 15.8 Å². The first-order valence-corrected chi connectivity index (χ1v) is 5.29. The molecule has 6 nitrogen and oxygen atoms in total. The number of nitrogens with two attached hydrogens (primary N) is 1. The Bertz CT molecular complexity index is 406. The molecule has 4 N–H and O–H groups in total. The summed E-state index contributed by atoms with van der Waals surface area (Å²) in [5, 5.41) is 2.74. The summed E-state index contributed by atoms with van der Waals surface area (Å²) >= 11 is 0. The standard InChI is InChI=1S/C8H11N3O3S/c9-6-1-3-7(4-2-6)10-5-8(12)11-15(13)14/h1-4,10,15H,5,9H2,(H,11,12,13,14). The average molecular weight is 229 g/mol. The van der Waals surface area contributed by atoms with Gasteiger partial charge in [-0.3, -0.25) is 9.52 Å². The van der Waals surface area contributed by atoms with Gasteiger partial charge in [0.15, 0.2) is 0 Å². The summed E-state index contributed by atoms with van der Waals surface area (Å²) in [5.74, 6) is -0.608. The van der Waals surface area contributed by atoms with E-state index in [1.807, 2.05) is 0 Å². The fraction of sp³-hybridized carbons (Fsp3) is 0.125. The van der Waals surface area contributed by atoms with E-state index in [1.165, 1.54) is 0 Å². The van der Waals surface area contributed by atoms with Gasteiger partial charge in [-0.05, 0) is 24.3 Å². The molecule has 0 unspecified atom stereocenters. The zero-order chi connectivity index (χ0) is 11.3. The smallest absolute Gasteiger partial charge is 0.252 e. The highest BCUT2D eigenvalue weighted by Gasteiger charge is 2.00. The molecule has 7 heteroatoms. The van der Waals surface area contributed by atoms with Gasteiger partial charge in [0.25, 0.3) is 5.91 Å². The van der Waals surface area contributed by atoms with E-state index in [4.69, 9.17) is 5.73 Å². The summed E-state index contributed by atoms with van der Waals surface area (Å²) in [5.41, 5.74) is 6.77. The number of hydrogen-bond acceptors (Lipinski definition) is 5. The lowest BCUT2D eigenvalue weighted by Gasteiger charge is -2.04. The Morgan fingerprint density at radius 3 is 2.40 bits per heavy atom. The van der Waals surface area contributed by atoms with E-state index in [-0.39, 0.29) is 6.54 Å². The van der Waals surface area contributed by atoms with Crippen LogP contribution in [0.2, 0.25) is 0 Å². The minimum absolute atomic E-state index is 0.104. The molecule has 15 heavy (non-hydrogen) atoms. The molecule has 0 heterocycles. The second kappa shape index (κ2) is 5.20. The summed E-state index contributed by atoms with van der Waals surface area (Å²) in [6, 6.07) is 6.74. The summed E-state index contributed by atoms with van der Waals surface area (Å²) < 4.78 is 22.0. The lowest BCUT2D eigenvalue weighted by molar-refractivity contribution is -0.117. The second-order valence-corrected chi connectivity index (χ2v) is 3.51. The molecule has 1 aromatic carbocycles. The van der Waals surface area contributed by atoms with Crippen molar-refractivity contribution in [2.75, 3.05) is 17.6 Å². The molecule has 1 rings (SSSR count). The van der Waals surface area contributed by atoms with Crippen LogP contribution in [-0.2, 0) is 15.7 Å². The molecule has 0 atom stereocenters. The highest BCUT2D eigenvalue weighted by molar-refractivity contribution is 7.71. The molecule has 0 radical (unpaired) electrons. The van der Waals surface area contributed by atoms with Crippen molar-refractivity contribution in [2.24, 2.45) is 0 Å². The van der Waals surface area contributed by atoms with Crippen LogP contribution in [0.4, 0.5) is 11.4 Å². The number of nitrogen functional groups attached to an aromatic ring is 1. The summed E-state index contributed by atoms with van der Waals surface area (Å²) in [6.45, 7) is -0.104. The van der Waals surface area contributed by atoms with Crippen molar-refractivity contribution in [1.82, 2.24) is 4.72 Å². The molecular weight excluding hydrogens is 218 g/mol. The lowest BCUT2D eigenvalue weighted by atomic mass is 10.3. The van der Waals surface area contributed by atoms with E-state index < -0.39 is 16.8 Å². The number of hydrogen-bond donors (Lipinski definition) is 4. The number of anilines is 2. The van der Waals surface area contributed by atoms with Gasteiger partial charge in [-0.15, -0.1) is 0 Å². The van der Waals surface area contributed by atoms with Gasteiger partial charge in [-0.2, -0.15) is 0 Å². The first-order valence-electron chi connectivity index (χ1n) is 4.11. The van der Waals surface area contributed by atoms with Gasteiger partial charge < -0.3 is 11.1 Å². The SMILES string of the molecule is Nc1ccc(NCC(=O)N[SH](=O)=O)cc1. The summed E-state index contributed by atoms with van der Waals surface area (Å²) in [6.07, 6.45) is 0. The van der Waals surface area contributed by atoms with Crippen molar-refractivity contribution < 1.29 is 13.2 Å². The topological polar surface area (TPSA) is 101 Å². The first-order chi connectivity index (χ1) is 7.08. The Kier molecular flexibility index (Phi) is 3.92. The maximum atomic E-state index is 10.9.